The monoisotopic (exact) mass is 382 g/mol. The van der Waals surface area contributed by atoms with Crippen LogP contribution in [0.2, 0.25) is 0 Å². The largest absolute Gasteiger partial charge is 0.486 e. The van der Waals surface area contributed by atoms with Gasteiger partial charge in [-0.25, -0.2) is 4.79 Å². The zero-order valence-corrected chi connectivity index (χ0v) is 17.2. The number of rotatable bonds is 2. The van der Waals surface area contributed by atoms with Crippen LogP contribution in [0.5, 0.6) is 5.75 Å². The molecule has 2 heterocycles. The first-order valence-electron chi connectivity index (χ1n) is 10.2. The topological polar surface area (TPSA) is 54.0 Å². The molecule has 4 atom stereocenters. The van der Waals surface area contributed by atoms with Gasteiger partial charge >= 0.3 is 13.1 Å². The van der Waals surface area contributed by atoms with Crippen molar-refractivity contribution in [3.05, 3.63) is 35.3 Å². The molecule has 5 aliphatic rings. The summed E-state index contributed by atoms with van der Waals surface area (Å²) in [4.78, 5) is 12.3. The highest BCUT2D eigenvalue weighted by atomic mass is 16.7. The van der Waals surface area contributed by atoms with E-state index in [1.807, 2.05) is 24.2 Å². The minimum atomic E-state index is -0.983. The first-order valence-corrected chi connectivity index (χ1v) is 10.2. The Morgan fingerprint density at radius 1 is 1.11 bits per heavy atom. The number of hydrogen-bond acceptors (Lipinski definition) is 5. The average Bonchev–Trinajstić information content (AvgIpc) is 2.95. The summed E-state index contributed by atoms with van der Waals surface area (Å²) >= 11 is 0. The predicted octanol–water partition coefficient (Wildman–Crippen LogP) is 4.25. The zero-order valence-electron chi connectivity index (χ0n) is 17.2. The predicted molar refractivity (Wildman–Crippen MR) is 106 cm³/mol. The molecule has 0 N–H and O–H groups in total. The Bertz CT molecular complexity index is 876. The van der Waals surface area contributed by atoms with Crippen molar-refractivity contribution in [1.82, 2.24) is 0 Å². The van der Waals surface area contributed by atoms with Gasteiger partial charge in [-0.3, -0.25) is 0 Å². The van der Waals surface area contributed by atoms with Gasteiger partial charge in [0.05, 0.1) is 11.7 Å². The average molecular weight is 382 g/mol. The lowest BCUT2D eigenvalue weighted by Gasteiger charge is -2.64. The maximum Gasteiger partial charge on any atom is 0.486 e. The van der Waals surface area contributed by atoms with Crippen LogP contribution in [0, 0.1) is 17.3 Å². The molecule has 4 fully saturated rings. The fourth-order valence-electron chi connectivity index (χ4n) is 5.67. The van der Waals surface area contributed by atoms with Crippen LogP contribution in [-0.4, -0.2) is 30.6 Å². The highest BCUT2D eigenvalue weighted by Crippen LogP contribution is 2.65. The summed E-state index contributed by atoms with van der Waals surface area (Å²) in [5.74, 6) is 2.39. The standard InChI is InChI=1S/C22H27BO5/c1-20(2)14-11-16(20)22(5)17(12-14)27-23(28-22)10-9-13-7-6-8-15-18(13)25-21(3,4)26-19(15)24/h6-10,14,16-17H,11-12H2,1-5H3/b10-9-. The molecule has 1 aromatic carbocycles. The fourth-order valence-corrected chi connectivity index (χ4v) is 5.67. The lowest BCUT2D eigenvalue weighted by Crippen LogP contribution is -2.65. The summed E-state index contributed by atoms with van der Waals surface area (Å²) in [5.41, 5.74) is 1.36. The van der Waals surface area contributed by atoms with Crippen LogP contribution in [-0.2, 0) is 14.0 Å². The molecule has 0 amide bonds. The number of carbonyl (C=O) groups is 1. The van der Waals surface area contributed by atoms with E-state index in [1.54, 1.807) is 19.9 Å². The number of benzene rings is 1. The minimum Gasteiger partial charge on any atom is -0.451 e. The van der Waals surface area contributed by atoms with E-state index in [0.717, 1.165) is 17.9 Å². The van der Waals surface area contributed by atoms with E-state index in [2.05, 4.69) is 20.8 Å². The normalized spacial score (nSPS) is 37.0. The van der Waals surface area contributed by atoms with Crippen molar-refractivity contribution in [2.45, 2.75) is 65.0 Å². The van der Waals surface area contributed by atoms with Crippen LogP contribution >= 0.6 is 0 Å². The molecule has 148 valence electrons. The molecule has 1 saturated heterocycles. The Morgan fingerprint density at radius 3 is 2.64 bits per heavy atom. The van der Waals surface area contributed by atoms with E-state index in [1.165, 1.54) is 6.42 Å². The summed E-state index contributed by atoms with van der Waals surface area (Å²) in [7, 11) is -0.385. The first kappa shape index (κ1) is 18.3. The molecule has 6 heteroatoms. The third kappa shape index (κ3) is 2.50. The van der Waals surface area contributed by atoms with E-state index in [0.29, 0.717) is 22.6 Å². The van der Waals surface area contributed by atoms with Crippen molar-refractivity contribution < 1.29 is 23.6 Å². The lowest BCUT2D eigenvalue weighted by molar-refractivity contribution is -0.199. The first-order chi connectivity index (χ1) is 13.1. The Labute approximate surface area is 166 Å². The van der Waals surface area contributed by atoms with Crippen LogP contribution in [0.25, 0.3) is 6.08 Å². The lowest BCUT2D eigenvalue weighted by atomic mass is 9.43. The van der Waals surface area contributed by atoms with E-state index in [4.69, 9.17) is 18.8 Å². The van der Waals surface area contributed by atoms with Crippen molar-refractivity contribution >= 4 is 19.2 Å². The molecule has 1 aromatic rings. The van der Waals surface area contributed by atoms with Gasteiger partial charge in [0.2, 0.25) is 5.79 Å². The highest BCUT2D eigenvalue weighted by molar-refractivity contribution is 6.52. The Balaban J connectivity index is 1.39. The number of carbonyl (C=O) groups excluding carboxylic acids is 1. The maximum absolute atomic E-state index is 12.3. The van der Waals surface area contributed by atoms with E-state index in [9.17, 15) is 4.79 Å². The van der Waals surface area contributed by atoms with Crippen LogP contribution in [0.4, 0.5) is 0 Å². The van der Waals surface area contributed by atoms with Crippen LogP contribution in [0.3, 0.4) is 0 Å². The molecule has 3 saturated carbocycles. The summed E-state index contributed by atoms with van der Waals surface area (Å²) < 4.78 is 23.9. The molecule has 2 bridgehead atoms. The quantitative estimate of drug-likeness (QED) is 0.565. The van der Waals surface area contributed by atoms with E-state index >= 15 is 0 Å². The molecule has 28 heavy (non-hydrogen) atoms. The molecule has 6 rings (SSSR count). The number of fused-ring (bicyclic) bond motifs is 1. The van der Waals surface area contributed by atoms with Crippen LogP contribution in [0.15, 0.2) is 24.2 Å². The smallest absolute Gasteiger partial charge is 0.451 e. The van der Waals surface area contributed by atoms with Gasteiger partial charge in [-0.15, -0.1) is 0 Å². The van der Waals surface area contributed by atoms with Crippen molar-refractivity contribution in [3.63, 3.8) is 0 Å². The number of hydrogen-bond donors (Lipinski definition) is 0. The summed E-state index contributed by atoms with van der Waals surface area (Å²) in [6, 6.07) is 5.47. The molecule has 0 spiro atoms. The van der Waals surface area contributed by atoms with E-state index < -0.39 is 5.79 Å². The van der Waals surface area contributed by atoms with Gasteiger partial charge in [-0.1, -0.05) is 38.0 Å². The third-order valence-corrected chi connectivity index (χ3v) is 7.35. The van der Waals surface area contributed by atoms with Gasteiger partial charge in [-0.2, -0.15) is 0 Å². The van der Waals surface area contributed by atoms with Gasteiger partial charge in [0.1, 0.15) is 11.3 Å². The molecule has 5 nitrogen and oxygen atoms in total. The minimum absolute atomic E-state index is 0.147. The SMILES string of the molecule is CC1(C)OC(=O)c2cccc(/C=C\B3OC4CC5CC(C5(C)C)C4(C)O3)c2O1. The van der Waals surface area contributed by atoms with Gasteiger partial charge in [0, 0.05) is 19.4 Å². The third-order valence-electron chi connectivity index (χ3n) is 7.35. The fraction of sp³-hybridized carbons (Fsp3) is 0.591. The highest BCUT2D eigenvalue weighted by Gasteiger charge is 2.67. The van der Waals surface area contributed by atoms with Crippen molar-refractivity contribution in [2.24, 2.45) is 17.3 Å². The molecular formula is C22H27BO5. The number of cyclic esters (lactones) is 1. The van der Waals surface area contributed by atoms with Crippen LogP contribution in [0.1, 0.15) is 63.4 Å². The molecule has 3 aliphatic carbocycles. The van der Waals surface area contributed by atoms with Gasteiger partial charge in [0.25, 0.3) is 0 Å². The van der Waals surface area contributed by atoms with Gasteiger partial charge < -0.3 is 18.8 Å². The van der Waals surface area contributed by atoms with Crippen LogP contribution < -0.4 is 4.74 Å². The van der Waals surface area contributed by atoms with Gasteiger partial charge in [0.15, 0.2) is 0 Å². The zero-order chi connectivity index (χ0) is 19.9. The number of ether oxygens (including phenoxy) is 2. The second-order valence-electron chi connectivity index (χ2n) is 9.81. The molecular weight excluding hydrogens is 355 g/mol. The second-order valence-corrected chi connectivity index (χ2v) is 9.81. The van der Waals surface area contributed by atoms with E-state index in [-0.39, 0.29) is 24.8 Å². The Morgan fingerprint density at radius 2 is 1.89 bits per heavy atom. The molecule has 0 radical (unpaired) electrons. The van der Waals surface area contributed by atoms with Crippen molar-refractivity contribution in [3.8, 4) is 5.75 Å². The van der Waals surface area contributed by atoms with Crippen molar-refractivity contribution in [1.29, 1.82) is 0 Å². The summed E-state index contributed by atoms with van der Waals surface area (Å²) in [5, 5.41) is 0. The molecule has 0 aromatic heterocycles. The Kier molecular flexibility index (Phi) is 3.68. The molecule has 4 unspecified atom stereocenters. The van der Waals surface area contributed by atoms with Crippen molar-refractivity contribution in [2.75, 3.05) is 0 Å². The Hall–Kier alpha value is -1.79. The number of para-hydroxylation sites is 1. The maximum atomic E-state index is 12.3. The number of esters is 1. The summed E-state index contributed by atoms with van der Waals surface area (Å²) in [6.07, 6.45) is 4.37. The summed E-state index contributed by atoms with van der Waals surface area (Å²) in [6.45, 7) is 10.4. The van der Waals surface area contributed by atoms with Gasteiger partial charge in [-0.05, 0) is 43.1 Å². The molecule has 2 aliphatic heterocycles. The second kappa shape index (κ2) is 5.64.